The highest BCUT2D eigenvalue weighted by atomic mass is 16.5. The van der Waals surface area contributed by atoms with Crippen molar-refractivity contribution in [3.8, 4) is 29.1 Å². The van der Waals surface area contributed by atoms with E-state index in [9.17, 15) is 0 Å². The monoisotopic (exact) mass is 331 g/mol. The van der Waals surface area contributed by atoms with E-state index in [0.29, 0.717) is 23.7 Å². The summed E-state index contributed by atoms with van der Waals surface area (Å²) in [5.74, 6) is 2.61. The Hall–Kier alpha value is -3.45. The third kappa shape index (κ3) is 4.10. The van der Waals surface area contributed by atoms with Crippen molar-refractivity contribution in [3.63, 3.8) is 0 Å². The van der Waals surface area contributed by atoms with Gasteiger partial charge < -0.3 is 14.2 Å². The Morgan fingerprint density at radius 2 is 1.60 bits per heavy atom. The molecule has 0 bridgehead atoms. The van der Waals surface area contributed by atoms with Crippen molar-refractivity contribution in [3.05, 3.63) is 83.9 Å². The number of benzene rings is 3. The van der Waals surface area contributed by atoms with Gasteiger partial charge in [0.05, 0.1) is 18.7 Å². The van der Waals surface area contributed by atoms with E-state index >= 15 is 0 Å². The molecule has 25 heavy (non-hydrogen) atoms. The van der Waals surface area contributed by atoms with E-state index in [0.717, 1.165) is 17.1 Å². The van der Waals surface area contributed by atoms with Crippen molar-refractivity contribution in [2.75, 3.05) is 7.11 Å². The first-order valence-electron chi connectivity index (χ1n) is 7.82. The Kier molecular flexibility index (Phi) is 5.18. The van der Waals surface area contributed by atoms with Crippen LogP contribution in [0.15, 0.2) is 72.8 Å². The van der Waals surface area contributed by atoms with Crippen LogP contribution in [-0.2, 0) is 6.61 Å². The van der Waals surface area contributed by atoms with Crippen LogP contribution in [0.5, 0.6) is 23.0 Å². The molecule has 3 rings (SSSR count). The topological polar surface area (TPSA) is 51.5 Å². The highest BCUT2D eigenvalue weighted by molar-refractivity contribution is 5.47. The maximum Gasteiger partial charge on any atom is 0.162 e. The van der Waals surface area contributed by atoms with E-state index in [1.807, 2.05) is 54.6 Å². The number of methoxy groups -OCH3 is 1. The first-order chi connectivity index (χ1) is 12.3. The third-order valence-corrected chi connectivity index (χ3v) is 3.62. The number of para-hydroxylation sites is 2. The van der Waals surface area contributed by atoms with Crippen molar-refractivity contribution in [2.45, 2.75) is 6.61 Å². The largest absolute Gasteiger partial charge is 0.493 e. The van der Waals surface area contributed by atoms with E-state index in [-0.39, 0.29) is 0 Å². The lowest BCUT2D eigenvalue weighted by atomic mass is 10.2. The molecule has 0 atom stereocenters. The van der Waals surface area contributed by atoms with E-state index in [2.05, 4.69) is 6.07 Å². The van der Waals surface area contributed by atoms with Gasteiger partial charge in [0.25, 0.3) is 0 Å². The summed E-state index contributed by atoms with van der Waals surface area (Å²) >= 11 is 0. The Morgan fingerprint density at radius 1 is 0.840 bits per heavy atom. The SMILES string of the molecule is COc1cc(C#N)ccc1OCc1ccccc1Oc1ccccc1. The van der Waals surface area contributed by atoms with Gasteiger partial charge in [0.2, 0.25) is 0 Å². The molecular formula is C21H17NO3. The zero-order valence-corrected chi connectivity index (χ0v) is 13.8. The van der Waals surface area contributed by atoms with Crippen LogP contribution in [0.1, 0.15) is 11.1 Å². The van der Waals surface area contributed by atoms with Crippen LogP contribution in [0, 0.1) is 11.3 Å². The second-order valence-electron chi connectivity index (χ2n) is 5.29. The van der Waals surface area contributed by atoms with Crippen molar-refractivity contribution in [1.82, 2.24) is 0 Å². The van der Waals surface area contributed by atoms with Crippen LogP contribution in [0.4, 0.5) is 0 Å². The van der Waals surface area contributed by atoms with Crippen LogP contribution in [0.2, 0.25) is 0 Å². The molecule has 0 aliphatic heterocycles. The molecule has 0 fully saturated rings. The fourth-order valence-corrected chi connectivity index (χ4v) is 2.35. The van der Waals surface area contributed by atoms with Crippen LogP contribution in [0.25, 0.3) is 0 Å². The predicted octanol–water partition coefficient (Wildman–Crippen LogP) is 4.94. The lowest BCUT2D eigenvalue weighted by Crippen LogP contribution is -2.00. The molecule has 3 aromatic carbocycles. The average molecular weight is 331 g/mol. The Labute approximate surface area is 146 Å². The molecule has 3 aromatic rings. The van der Waals surface area contributed by atoms with Crippen molar-refractivity contribution in [2.24, 2.45) is 0 Å². The predicted molar refractivity (Wildman–Crippen MR) is 95.0 cm³/mol. The summed E-state index contributed by atoms with van der Waals surface area (Å²) in [5.41, 5.74) is 1.44. The van der Waals surface area contributed by atoms with Gasteiger partial charge in [-0.3, -0.25) is 0 Å². The molecule has 0 aromatic heterocycles. The zero-order valence-electron chi connectivity index (χ0n) is 13.8. The molecule has 0 N–H and O–H groups in total. The maximum atomic E-state index is 8.97. The molecule has 4 heteroatoms. The third-order valence-electron chi connectivity index (χ3n) is 3.62. The van der Waals surface area contributed by atoms with Gasteiger partial charge in [-0.2, -0.15) is 5.26 Å². The van der Waals surface area contributed by atoms with Gasteiger partial charge in [0.1, 0.15) is 18.1 Å². The standard InChI is InChI=1S/C21H17NO3/c1-23-21-13-16(14-22)11-12-20(21)24-15-17-7-5-6-10-19(17)25-18-8-3-2-4-9-18/h2-13H,15H2,1H3. The molecule has 0 aliphatic rings. The van der Waals surface area contributed by atoms with E-state index < -0.39 is 0 Å². The van der Waals surface area contributed by atoms with Crippen LogP contribution in [-0.4, -0.2) is 7.11 Å². The van der Waals surface area contributed by atoms with Gasteiger partial charge in [-0.1, -0.05) is 36.4 Å². The smallest absolute Gasteiger partial charge is 0.162 e. The van der Waals surface area contributed by atoms with E-state index in [4.69, 9.17) is 19.5 Å². The highest BCUT2D eigenvalue weighted by Gasteiger charge is 2.09. The van der Waals surface area contributed by atoms with Crippen molar-refractivity contribution < 1.29 is 14.2 Å². The number of nitrogens with zero attached hydrogens (tertiary/aromatic N) is 1. The number of nitriles is 1. The highest BCUT2D eigenvalue weighted by Crippen LogP contribution is 2.31. The molecule has 0 unspecified atom stereocenters. The molecule has 0 radical (unpaired) electrons. The summed E-state index contributed by atoms with van der Waals surface area (Å²) in [6.07, 6.45) is 0. The minimum Gasteiger partial charge on any atom is -0.493 e. The van der Waals surface area contributed by atoms with Gasteiger partial charge in [-0.25, -0.2) is 0 Å². The Balaban J connectivity index is 1.77. The summed E-state index contributed by atoms with van der Waals surface area (Å²) in [6.45, 7) is 0.325. The Morgan fingerprint density at radius 3 is 2.36 bits per heavy atom. The van der Waals surface area contributed by atoms with Gasteiger partial charge in [-0.15, -0.1) is 0 Å². The van der Waals surface area contributed by atoms with E-state index in [1.165, 1.54) is 0 Å². The van der Waals surface area contributed by atoms with Gasteiger partial charge in [-0.05, 0) is 30.3 Å². The summed E-state index contributed by atoms with van der Waals surface area (Å²) < 4.78 is 17.1. The molecule has 0 spiro atoms. The number of rotatable bonds is 6. The minimum absolute atomic E-state index is 0.325. The molecule has 0 amide bonds. The first kappa shape index (κ1) is 16.4. The lowest BCUT2D eigenvalue weighted by Gasteiger charge is -2.14. The lowest BCUT2D eigenvalue weighted by molar-refractivity contribution is 0.280. The summed E-state index contributed by atoms with van der Waals surface area (Å²) in [7, 11) is 1.55. The molecular weight excluding hydrogens is 314 g/mol. The summed E-state index contributed by atoms with van der Waals surface area (Å²) in [4.78, 5) is 0. The van der Waals surface area contributed by atoms with Gasteiger partial charge >= 0.3 is 0 Å². The van der Waals surface area contributed by atoms with Gasteiger partial charge in [0, 0.05) is 11.6 Å². The normalized spacial score (nSPS) is 9.92. The molecule has 0 saturated heterocycles. The van der Waals surface area contributed by atoms with Crippen molar-refractivity contribution in [1.29, 1.82) is 5.26 Å². The van der Waals surface area contributed by atoms with Crippen LogP contribution >= 0.6 is 0 Å². The maximum absolute atomic E-state index is 8.97. The molecule has 124 valence electrons. The summed E-state index contributed by atoms with van der Waals surface area (Å²) in [5, 5.41) is 8.97. The van der Waals surface area contributed by atoms with Crippen LogP contribution in [0.3, 0.4) is 0 Å². The molecule has 0 heterocycles. The molecule has 0 aliphatic carbocycles. The fraction of sp³-hybridized carbons (Fsp3) is 0.0952. The number of hydrogen-bond donors (Lipinski definition) is 0. The second-order valence-corrected chi connectivity index (χ2v) is 5.29. The van der Waals surface area contributed by atoms with Gasteiger partial charge in [0.15, 0.2) is 11.5 Å². The minimum atomic E-state index is 0.325. The van der Waals surface area contributed by atoms with E-state index in [1.54, 1.807) is 25.3 Å². The van der Waals surface area contributed by atoms with Crippen molar-refractivity contribution >= 4 is 0 Å². The Bertz CT molecular complexity index is 885. The zero-order chi connectivity index (χ0) is 17.5. The summed E-state index contributed by atoms with van der Waals surface area (Å²) in [6, 6.07) is 24.5. The fourth-order valence-electron chi connectivity index (χ4n) is 2.35. The molecule has 4 nitrogen and oxygen atoms in total. The second kappa shape index (κ2) is 7.89. The van der Waals surface area contributed by atoms with Crippen LogP contribution < -0.4 is 14.2 Å². The first-order valence-corrected chi connectivity index (χ1v) is 7.82. The number of hydrogen-bond acceptors (Lipinski definition) is 4. The quantitative estimate of drug-likeness (QED) is 0.642. The average Bonchev–Trinajstić information content (AvgIpc) is 2.68. The number of ether oxygens (including phenoxy) is 3. The molecule has 0 saturated carbocycles.